The molecule has 4 rings (SSSR count). The lowest BCUT2D eigenvalue weighted by molar-refractivity contribution is -0.138. The van der Waals surface area contributed by atoms with Gasteiger partial charge in [-0.2, -0.15) is 0 Å². The average molecular weight is 388 g/mol. The standard InChI is InChI=1S/C23H20N2O4/c1-2-29-22(27)19-20(15-9-4-3-5-10-15)24-23(28)25-21(19)18-16-11-7-6-8-14(16)12-13-17(18)26/h3-13,21,26H,2H2,1H3,(H2,24,25,28)/t21-/m1/s1. The first-order valence-corrected chi connectivity index (χ1v) is 9.35. The Labute approximate surface area is 167 Å². The van der Waals surface area contributed by atoms with E-state index in [0.29, 0.717) is 16.8 Å². The van der Waals surface area contributed by atoms with Crippen LogP contribution in [0.1, 0.15) is 24.1 Å². The van der Waals surface area contributed by atoms with Gasteiger partial charge in [-0.15, -0.1) is 0 Å². The molecule has 2 amide bonds. The van der Waals surface area contributed by atoms with E-state index in [1.807, 2.05) is 42.5 Å². The van der Waals surface area contributed by atoms with Crippen molar-refractivity contribution in [2.24, 2.45) is 0 Å². The first-order chi connectivity index (χ1) is 14.1. The Kier molecular flexibility index (Phi) is 4.91. The Bertz CT molecular complexity index is 1120. The van der Waals surface area contributed by atoms with Gasteiger partial charge < -0.3 is 20.5 Å². The molecule has 0 saturated carbocycles. The summed E-state index contributed by atoms with van der Waals surface area (Å²) in [6.45, 7) is 1.91. The quantitative estimate of drug-likeness (QED) is 0.592. The second-order valence-electron chi connectivity index (χ2n) is 6.63. The zero-order chi connectivity index (χ0) is 20.4. The molecule has 0 fully saturated rings. The van der Waals surface area contributed by atoms with Gasteiger partial charge in [-0.1, -0.05) is 60.7 Å². The van der Waals surface area contributed by atoms with Crippen molar-refractivity contribution in [3.05, 3.63) is 83.4 Å². The fourth-order valence-electron chi connectivity index (χ4n) is 3.63. The fraction of sp³-hybridized carbons (Fsp3) is 0.130. The van der Waals surface area contributed by atoms with Gasteiger partial charge in [0.05, 0.1) is 23.9 Å². The first kappa shape index (κ1) is 18.6. The number of rotatable bonds is 4. The molecule has 0 radical (unpaired) electrons. The molecule has 0 unspecified atom stereocenters. The van der Waals surface area contributed by atoms with Crippen molar-refractivity contribution < 1.29 is 19.4 Å². The molecule has 0 spiro atoms. The minimum Gasteiger partial charge on any atom is -0.508 e. The molecule has 0 saturated heterocycles. The van der Waals surface area contributed by atoms with E-state index in [9.17, 15) is 14.7 Å². The number of fused-ring (bicyclic) bond motifs is 1. The Morgan fingerprint density at radius 2 is 1.76 bits per heavy atom. The SMILES string of the molecule is CCOC(=O)C1=C(c2ccccc2)NC(=O)N[C@@H]1c1c(O)ccc2ccccc12. The molecule has 0 bridgehead atoms. The monoisotopic (exact) mass is 388 g/mol. The molecule has 1 aliphatic heterocycles. The number of carbonyl (C=O) groups excluding carboxylic acids is 2. The van der Waals surface area contributed by atoms with Gasteiger partial charge in [0.2, 0.25) is 0 Å². The predicted molar refractivity (Wildman–Crippen MR) is 110 cm³/mol. The lowest BCUT2D eigenvalue weighted by Crippen LogP contribution is -2.45. The third kappa shape index (κ3) is 3.40. The molecule has 1 atom stereocenters. The highest BCUT2D eigenvalue weighted by Gasteiger charge is 2.36. The minimum absolute atomic E-state index is 0.00916. The fourth-order valence-corrected chi connectivity index (χ4v) is 3.63. The van der Waals surface area contributed by atoms with Crippen molar-refractivity contribution >= 4 is 28.5 Å². The van der Waals surface area contributed by atoms with Gasteiger partial charge in [0.1, 0.15) is 5.75 Å². The maximum absolute atomic E-state index is 13.0. The van der Waals surface area contributed by atoms with E-state index in [1.54, 1.807) is 31.2 Å². The average Bonchev–Trinajstić information content (AvgIpc) is 2.74. The smallest absolute Gasteiger partial charge is 0.338 e. The second-order valence-corrected chi connectivity index (χ2v) is 6.63. The highest BCUT2D eigenvalue weighted by atomic mass is 16.5. The zero-order valence-corrected chi connectivity index (χ0v) is 15.8. The molecule has 0 aliphatic carbocycles. The molecule has 1 heterocycles. The largest absolute Gasteiger partial charge is 0.508 e. The maximum atomic E-state index is 13.0. The van der Waals surface area contributed by atoms with Gasteiger partial charge in [-0.25, -0.2) is 9.59 Å². The Morgan fingerprint density at radius 3 is 2.52 bits per heavy atom. The Hall–Kier alpha value is -3.80. The number of phenols is 1. The second kappa shape index (κ2) is 7.67. The summed E-state index contributed by atoms with van der Waals surface area (Å²) in [5.74, 6) is -0.568. The molecule has 3 aromatic carbocycles. The highest BCUT2D eigenvalue weighted by Crippen LogP contribution is 2.39. The number of hydrogen-bond donors (Lipinski definition) is 3. The summed E-state index contributed by atoms with van der Waals surface area (Å²) in [5, 5.41) is 17.8. The van der Waals surface area contributed by atoms with Crippen molar-refractivity contribution in [2.75, 3.05) is 6.61 Å². The van der Waals surface area contributed by atoms with Gasteiger partial charge >= 0.3 is 12.0 Å². The maximum Gasteiger partial charge on any atom is 0.338 e. The van der Waals surface area contributed by atoms with Crippen LogP contribution < -0.4 is 10.6 Å². The van der Waals surface area contributed by atoms with Crippen molar-refractivity contribution in [2.45, 2.75) is 13.0 Å². The van der Waals surface area contributed by atoms with Gasteiger partial charge in [0.15, 0.2) is 0 Å². The van der Waals surface area contributed by atoms with Crippen LogP contribution in [-0.2, 0) is 9.53 Å². The van der Waals surface area contributed by atoms with Crippen LogP contribution in [0.3, 0.4) is 0 Å². The van der Waals surface area contributed by atoms with E-state index < -0.39 is 18.0 Å². The number of benzene rings is 3. The molecule has 3 aromatic rings. The number of urea groups is 1. The molecular formula is C23H20N2O4. The number of aromatic hydroxyl groups is 1. The normalized spacial score (nSPS) is 16.3. The number of amides is 2. The summed E-state index contributed by atoms with van der Waals surface area (Å²) < 4.78 is 5.30. The minimum atomic E-state index is -0.871. The lowest BCUT2D eigenvalue weighted by Gasteiger charge is -2.30. The number of carbonyl (C=O) groups is 2. The van der Waals surface area contributed by atoms with Gasteiger partial charge in [-0.05, 0) is 29.3 Å². The molecule has 6 heteroatoms. The van der Waals surface area contributed by atoms with E-state index in [-0.39, 0.29) is 17.9 Å². The molecule has 6 nitrogen and oxygen atoms in total. The highest BCUT2D eigenvalue weighted by molar-refractivity contribution is 6.06. The zero-order valence-electron chi connectivity index (χ0n) is 15.8. The van der Waals surface area contributed by atoms with Crippen molar-refractivity contribution in [1.29, 1.82) is 0 Å². The third-order valence-electron chi connectivity index (χ3n) is 4.87. The summed E-state index contributed by atoms with van der Waals surface area (Å²) in [5.41, 5.74) is 1.74. The van der Waals surface area contributed by atoms with Crippen molar-refractivity contribution in [1.82, 2.24) is 10.6 Å². The van der Waals surface area contributed by atoms with Crippen molar-refractivity contribution in [3.63, 3.8) is 0 Å². The molecule has 3 N–H and O–H groups in total. The van der Waals surface area contributed by atoms with Crippen LogP contribution in [0.25, 0.3) is 16.5 Å². The van der Waals surface area contributed by atoms with Crippen LogP contribution in [-0.4, -0.2) is 23.7 Å². The summed E-state index contributed by atoms with van der Waals surface area (Å²) in [6, 6.07) is 18.6. The van der Waals surface area contributed by atoms with E-state index in [1.165, 1.54) is 0 Å². The van der Waals surface area contributed by atoms with Crippen LogP contribution in [0.4, 0.5) is 4.79 Å². The third-order valence-corrected chi connectivity index (χ3v) is 4.87. The summed E-state index contributed by atoms with van der Waals surface area (Å²) >= 11 is 0. The molecule has 146 valence electrons. The molecule has 29 heavy (non-hydrogen) atoms. The Balaban J connectivity index is 2.00. The van der Waals surface area contributed by atoms with E-state index in [4.69, 9.17) is 4.74 Å². The number of nitrogens with one attached hydrogen (secondary N) is 2. The molecule has 0 aromatic heterocycles. The summed E-state index contributed by atoms with van der Waals surface area (Å²) in [7, 11) is 0. The Morgan fingerprint density at radius 1 is 1.03 bits per heavy atom. The van der Waals surface area contributed by atoms with E-state index in [0.717, 1.165) is 10.8 Å². The van der Waals surface area contributed by atoms with Gasteiger partial charge in [-0.3, -0.25) is 0 Å². The van der Waals surface area contributed by atoms with Gasteiger partial charge in [0.25, 0.3) is 0 Å². The number of phenolic OH excluding ortho intramolecular Hbond substituents is 1. The number of esters is 1. The van der Waals surface area contributed by atoms with Crippen LogP contribution in [0, 0.1) is 0 Å². The summed E-state index contributed by atoms with van der Waals surface area (Å²) in [6.07, 6.45) is 0. The van der Waals surface area contributed by atoms with Crippen LogP contribution in [0.5, 0.6) is 5.75 Å². The van der Waals surface area contributed by atoms with Crippen LogP contribution >= 0.6 is 0 Å². The van der Waals surface area contributed by atoms with E-state index >= 15 is 0 Å². The van der Waals surface area contributed by atoms with E-state index in [2.05, 4.69) is 10.6 Å². The first-order valence-electron chi connectivity index (χ1n) is 9.35. The molecular weight excluding hydrogens is 368 g/mol. The number of hydrogen-bond acceptors (Lipinski definition) is 4. The predicted octanol–water partition coefficient (Wildman–Crippen LogP) is 3.87. The lowest BCUT2D eigenvalue weighted by atomic mass is 9.89. The van der Waals surface area contributed by atoms with Crippen LogP contribution in [0.2, 0.25) is 0 Å². The molecule has 1 aliphatic rings. The summed E-state index contributed by atoms with van der Waals surface area (Å²) in [4.78, 5) is 25.5. The van der Waals surface area contributed by atoms with Crippen molar-refractivity contribution in [3.8, 4) is 5.75 Å². The van der Waals surface area contributed by atoms with Gasteiger partial charge in [0, 0.05) is 5.56 Å². The number of ether oxygens (including phenoxy) is 1. The van der Waals surface area contributed by atoms with Crippen LogP contribution in [0.15, 0.2) is 72.3 Å². The topological polar surface area (TPSA) is 87.7 Å².